The molecule has 0 aliphatic carbocycles. The third-order valence-electron chi connectivity index (χ3n) is 5.56. The highest BCUT2D eigenvalue weighted by molar-refractivity contribution is 7.91. The Morgan fingerprint density at radius 2 is 1.81 bits per heavy atom. The van der Waals surface area contributed by atoms with Gasteiger partial charge in [-0.2, -0.15) is 0 Å². The first kappa shape index (κ1) is 21.1. The number of anilines is 1. The molecule has 1 saturated heterocycles. The van der Waals surface area contributed by atoms with Gasteiger partial charge < -0.3 is 14.2 Å². The van der Waals surface area contributed by atoms with Gasteiger partial charge in [0.25, 0.3) is 5.91 Å². The quantitative estimate of drug-likeness (QED) is 0.606. The molecule has 1 amide bonds. The molecule has 1 aliphatic rings. The average Bonchev–Trinajstić information content (AvgIpc) is 3.11. The van der Waals surface area contributed by atoms with Crippen molar-refractivity contribution in [3.63, 3.8) is 0 Å². The molecule has 0 bridgehead atoms. The summed E-state index contributed by atoms with van der Waals surface area (Å²) < 4.78 is 29.9. The number of carbonyl (C=O) groups excluding carboxylic acids is 1. The zero-order valence-electron chi connectivity index (χ0n) is 17.4. The number of fused-ring (bicyclic) bond motifs is 1. The van der Waals surface area contributed by atoms with Gasteiger partial charge in [-0.3, -0.25) is 9.59 Å². The van der Waals surface area contributed by atoms with E-state index in [1.165, 1.54) is 11.0 Å². The van der Waals surface area contributed by atoms with E-state index >= 15 is 0 Å². The summed E-state index contributed by atoms with van der Waals surface area (Å²) in [4.78, 5) is 29.4. The molecule has 1 aromatic heterocycles. The Bertz CT molecular complexity index is 1280. The first-order valence-corrected chi connectivity index (χ1v) is 11.9. The third kappa shape index (κ3) is 4.49. The van der Waals surface area contributed by atoms with E-state index in [4.69, 9.17) is 4.42 Å². The van der Waals surface area contributed by atoms with E-state index in [1.54, 1.807) is 24.3 Å². The second kappa shape index (κ2) is 8.19. The maximum Gasteiger partial charge on any atom is 0.290 e. The lowest BCUT2D eigenvalue weighted by molar-refractivity contribution is 0.0648. The maximum absolute atomic E-state index is 13.4. The number of carbonyl (C=O) groups is 1. The van der Waals surface area contributed by atoms with Crippen LogP contribution >= 0.6 is 0 Å². The maximum atomic E-state index is 13.4. The van der Waals surface area contributed by atoms with Crippen LogP contribution in [0.3, 0.4) is 0 Å². The number of nitrogens with zero attached hydrogens (tertiary/aromatic N) is 2. The summed E-state index contributed by atoms with van der Waals surface area (Å²) in [5, 5.41) is 0.397. The molecule has 1 atom stereocenters. The summed E-state index contributed by atoms with van der Waals surface area (Å²) in [6.45, 7) is 0.225. The molecule has 162 valence electrons. The number of rotatable bonds is 5. The van der Waals surface area contributed by atoms with E-state index in [0.717, 1.165) is 11.3 Å². The summed E-state index contributed by atoms with van der Waals surface area (Å²) in [5.41, 5.74) is 1.91. The fourth-order valence-electron chi connectivity index (χ4n) is 3.83. The number of amides is 1. The van der Waals surface area contributed by atoms with Gasteiger partial charge in [0.05, 0.1) is 16.9 Å². The van der Waals surface area contributed by atoms with Gasteiger partial charge in [0, 0.05) is 38.4 Å². The van der Waals surface area contributed by atoms with Crippen molar-refractivity contribution in [2.45, 2.75) is 19.0 Å². The van der Waals surface area contributed by atoms with Crippen LogP contribution in [0.1, 0.15) is 22.5 Å². The summed E-state index contributed by atoms with van der Waals surface area (Å²) in [6.07, 6.45) is 0.363. The van der Waals surface area contributed by atoms with Crippen molar-refractivity contribution >= 4 is 32.4 Å². The summed E-state index contributed by atoms with van der Waals surface area (Å²) in [7, 11) is 0.679. The van der Waals surface area contributed by atoms with Crippen LogP contribution in [-0.4, -0.2) is 50.9 Å². The summed E-state index contributed by atoms with van der Waals surface area (Å²) in [6, 6.07) is 15.2. The minimum Gasteiger partial charge on any atom is -0.451 e. The topological polar surface area (TPSA) is 87.9 Å². The molecule has 1 aliphatic heterocycles. The van der Waals surface area contributed by atoms with Crippen LogP contribution < -0.4 is 10.3 Å². The number of sulfone groups is 1. The van der Waals surface area contributed by atoms with Crippen molar-refractivity contribution in [2.24, 2.45) is 0 Å². The number of para-hydroxylation sites is 1. The van der Waals surface area contributed by atoms with Crippen LogP contribution in [0.2, 0.25) is 0 Å². The Balaban J connectivity index is 1.70. The van der Waals surface area contributed by atoms with E-state index in [2.05, 4.69) is 0 Å². The zero-order valence-corrected chi connectivity index (χ0v) is 18.3. The average molecular weight is 441 g/mol. The lowest BCUT2D eigenvalue weighted by Gasteiger charge is -2.28. The number of benzene rings is 2. The fourth-order valence-corrected chi connectivity index (χ4v) is 5.57. The van der Waals surface area contributed by atoms with Crippen LogP contribution in [-0.2, 0) is 16.4 Å². The minimum atomic E-state index is -3.20. The van der Waals surface area contributed by atoms with Crippen LogP contribution in [0.15, 0.2) is 63.8 Å². The highest BCUT2D eigenvalue weighted by Gasteiger charge is 2.36. The molecule has 8 heteroatoms. The van der Waals surface area contributed by atoms with E-state index < -0.39 is 21.8 Å². The Morgan fingerprint density at radius 3 is 2.45 bits per heavy atom. The van der Waals surface area contributed by atoms with Gasteiger partial charge in [0.2, 0.25) is 0 Å². The second-order valence-corrected chi connectivity index (χ2v) is 10.3. The largest absolute Gasteiger partial charge is 0.451 e. The van der Waals surface area contributed by atoms with E-state index in [0.29, 0.717) is 17.4 Å². The lowest BCUT2D eigenvalue weighted by atomic mass is 10.1. The van der Waals surface area contributed by atoms with Crippen LogP contribution in [0, 0.1) is 0 Å². The molecular formula is C23H24N2O5S. The molecule has 1 fully saturated rings. The molecule has 0 saturated carbocycles. The second-order valence-electron chi connectivity index (χ2n) is 8.02. The molecular weight excluding hydrogens is 416 g/mol. The molecule has 0 N–H and O–H groups in total. The van der Waals surface area contributed by atoms with E-state index in [-0.39, 0.29) is 29.2 Å². The molecule has 0 spiro atoms. The Morgan fingerprint density at radius 1 is 1.10 bits per heavy atom. The fraction of sp³-hybridized carbons (Fsp3) is 0.304. The molecule has 4 rings (SSSR count). The molecule has 3 aromatic rings. The molecule has 31 heavy (non-hydrogen) atoms. The Labute approximate surface area is 180 Å². The highest BCUT2D eigenvalue weighted by Crippen LogP contribution is 2.24. The Hall–Kier alpha value is -3.13. The van der Waals surface area contributed by atoms with Gasteiger partial charge in [-0.1, -0.05) is 24.3 Å². The zero-order chi connectivity index (χ0) is 22.2. The molecule has 7 nitrogen and oxygen atoms in total. The van der Waals surface area contributed by atoms with Gasteiger partial charge in [-0.25, -0.2) is 8.42 Å². The third-order valence-corrected chi connectivity index (χ3v) is 7.31. The molecule has 2 heterocycles. The molecule has 2 aromatic carbocycles. The standard InChI is InChI=1S/C23H24N2O5S/c1-24(2)17-9-7-16(8-10-17)14-25(18-11-12-31(28,29)15-18)23(27)22-13-20(26)19-5-3-4-6-21(19)30-22/h3-10,13,18H,11-12,14-15H2,1-2H3. The normalized spacial score (nSPS) is 17.5. The van der Waals surface area contributed by atoms with Gasteiger partial charge in [-0.05, 0) is 36.2 Å². The lowest BCUT2D eigenvalue weighted by Crippen LogP contribution is -2.40. The first-order chi connectivity index (χ1) is 14.7. The Kier molecular flexibility index (Phi) is 5.58. The molecule has 0 radical (unpaired) electrons. The van der Waals surface area contributed by atoms with Crippen LogP contribution in [0.4, 0.5) is 5.69 Å². The van der Waals surface area contributed by atoms with Gasteiger partial charge in [0.15, 0.2) is 21.0 Å². The number of hydrogen-bond acceptors (Lipinski definition) is 6. The van der Waals surface area contributed by atoms with Crippen molar-refractivity contribution < 1.29 is 17.6 Å². The minimum absolute atomic E-state index is 0.0443. The van der Waals surface area contributed by atoms with Crippen LogP contribution in [0.5, 0.6) is 0 Å². The summed E-state index contributed by atoms with van der Waals surface area (Å²) in [5.74, 6) is -0.616. The highest BCUT2D eigenvalue weighted by atomic mass is 32.2. The summed E-state index contributed by atoms with van der Waals surface area (Å²) >= 11 is 0. The van der Waals surface area contributed by atoms with Crippen molar-refractivity contribution in [2.75, 3.05) is 30.5 Å². The van der Waals surface area contributed by atoms with Crippen molar-refractivity contribution in [1.82, 2.24) is 4.90 Å². The smallest absolute Gasteiger partial charge is 0.290 e. The number of hydrogen-bond donors (Lipinski definition) is 0. The van der Waals surface area contributed by atoms with E-state index in [1.807, 2.05) is 43.3 Å². The SMILES string of the molecule is CN(C)c1ccc(CN(C(=O)c2cc(=O)c3ccccc3o2)C2CCS(=O)(=O)C2)cc1. The van der Waals surface area contributed by atoms with Crippen LogP contribution in [0.25, 0.3) is 11.0 Å². The van der Waals surface area contributed by atoms with Crippen molar-refractivity contribution in [1.29, 1.82) is 0 Å². The first-order valence-electron chi connectivity index (χ1n) is 10.0. The van der Waals surface area contributed by atoms with Gasteiger partial charge in [-0.15, -0.1) is 0 Å². The van der Waals surface area contributed by atoms with Gasteiger partial charge >= 0.3 is 0 Å². The monoisotopic (exact) mass is 440 g/mol. The van der Waals surface area contributed by atoms with Gasteiger partial charge in [0.1, 0.15) is 5.58 Å². The predicted molar refractivity (Wildman–Crippen MR) is 120 cm³/mol. The van der Waals surface area contributed by atoms with Crippen molar-refractivity contribution in [3.05, 3.63) is 76.1 Å². The predicted octanol–water partition coefficient (Wildman–Crippen LogP) is 2.69. The van der Waals surface area contributed by atoms with E-state index in [9.17, 15) is 18.0 Å². The molecule has 1 unspecified atom stereocenters. The van der Waals surface area contributed by atoms with Crippen molar-refractivity contribution in [3.8, 4) is 0 Å².